The lowest BCUT2D eigenvalue weighted by Crippen LogP contribution is -2.38. The smallest absolute Gasteiger partial charge is 0.212 e. The third-order valence-electron chi connectivity index (χ3n) is 3.49. The number of hydrogen-bond acceptors (Lipinski definition) is 4. The Balaban J connectivity index is 2.78. The second kappa shape index (κ2) is 7.77. The van der Waals surface area contributed by atoms with Crippen molar-refractivity contribution in [3.8, 4) is 0 Å². The zero-order valence-electron chi connectivity index (χ0n) is 14.6. The molecule has 0 aliphatic rings. The average molecular weight is 375 g/mol. The van der Waals surface area contributed by atoms with Crippen LogP contribution in [0.4, 0.5) is 0 Å². The summed E-state index contributed by atoms with van der Waals surface area (Å²) in [5.41, 5.74) is 0.979. The molecule has 0 radical (unpaired) electrons. The summed E-state index contributed by atoms with van der Waals surface area (Å²) in [4.78, 5) is 0.158. The van der Waals surface area contributed by atoms with Crippen LogP contribution in [0.2, 0.25) is 0 Å². The minimum absolute atomic E-state index is 0.00966. The van der Waals surface area contributed by atoms with Crippen LogP contribution in [-0.2, 0) is 25.5 Å². The van der Waals surface area contributed by atoms with Crippen LogP contribution in [0, 0.1) is 0 Å². The summed E-state index contributed by atoms with van der Waals surface area (Å²) < 4.78 is 51.3. The number of nitrogens with one attached hydrogen (secondary N) is 1. The van der Waals surface area contributed by atoms with Crippen LogP contribution in [0.15, 0.2) is 41.8 Å². The molecule has 0 fully saturated rings. The van der Waals surface area contributed by atoms with Gasteiger partial charge in [0.2, 0.25) is 20.0 Å². The lowest BCUT2D eigenvalue weighted by molar-refractivity contribution is 0.447. The first kappa shape index (κ1) is 20.8. The first-order chi connectivity index (χ1) is 10.9. The molecule has 136 valence electrons. The molecule has 0 heterocycles. The fraction of sp³-hybridized carbons (Fsp3) is 0.500. The molecule has 0 aromatic heterocycles. The zero-order chi connectivity index (χ0) is 18.6. The van der Waals surface area contributed by atoms with E-state index in [1.165, 1.54) is 6.08 Å². The molecule has 8 heteroatoms. The van der Waals surface area contributed by atoms with Crippen molar-refractivity contribution in [2.24, 2.45) is 0 Å². The first-order valence-corrected chi connectivity index (χ1v) is 10.9. The molecule has 0 atom stereocenters. The molecule has 0 aliphatic heterocycles. The average Bonchev–Trinajstić information content (AvgIpc) is 2.44. The van der Waals surface area contributed by atoms with Gasteiger partial charge in [0.15, 0.2) is 0 Å². The minimum Gasteiger partial charge on any atom is -0.212 e. The third kappa shape index (κ3) is 6.01. The zero-order valence-corrected chi connectivity index (χ0v) is 16.2. The molecule has 1 N–H and O–H groups in total. The molecular weight excluding hydrogens is 348 g/mol. The molecule has 24 heavy (non-hydrogen) atoms. The number of benzene rings is 1. The van der Waals surface area contributed by atoms with Crippen LogP contribution in [-0.4, -0.2) is 47.0 Å². The third-order valence-corrected chi connectivity index (χ3v) is 6.23. The van der Waals surface area contributed by atoms with Crippen LogP contribution >= 0.6 is 0 Å². The minimum atomic E-state index is -3.68. The van der Waals surface area contributed by atoms with E-state index in [1.807, 2.05) is 20.8 Å². The van der Waals surface area contributed by atoms with E-state index in [0.717, 1.165) is 16.1 Å². The van der Waals surface area contributed by atoms with Gasteiger partial charge in [0.05, 0.1) is 11.2 Å². The highest BCUT2D eigenvalue weighted by Crippen LogP contribution is 2.23. The molecule has 0 amide bonds. The van der Waals surface area contributed by atoms with Crippen LogP contribution in [0.25, 0.3) is 0 Å². The SMILES string of the molecule is C=CCN(CCNS(=O)(=O)c1ccc(C(C)(C)C)cc1)S(C)(=O)=O. The van der Waals surface area contributed by atoms with Gasteiger partial charge in [-0.3, -0.25) is 0 Å². The van der Waals surface area contributed by atoms with Crippen molar-refractivity contribution in [1.82, 2.24) is 9.03 Å². The van der Waals surface area contributed by atoms with Gasteiger partial charge >= 0.3 is 0 Å². The number of hydrogen-bond donors (Lipinski definition) is 1. The summed E-state index contributed by atoms with van der Waals surface area (Å²) in [6.07, 6.45) is 2.54. The Bertz CT molecular complexity index is 761. The number of sulfonamides is 2. The molecule has 0 aliphatic carbocycles. The van der Waals surface area contributed by atoms with Gasteiger partial charge in [-0.1, -0.05) is 39.0 Å². The Hall–Kier alpha value is -1.22. The van der Waals surface area contributed by atoms with Gasteiger partial charge < -0.3 is 0 Å². The number of rotatable bonds is 8. The fourth-order valence-corrected chi connectivity index (χ4v) is 3.88. The summed E-state index contributed by atoms with van der Waals surface area (Å²) in [7, 11) is -7.08. The Labute approximate surface area is 145 Å². The maximum Gasteiger partial charge on any atom is 0.240 e. The molecule has 0 unspecified atom stereocenters. The van der Waals surface area contributed by atoms with Gasteiger partial charge in [-0.05, 0) is 23.1 Å². The highest BCUT2D eigenvalue weighted by Gasteiger charge is 2.19. The lowest BCUT2D eigenvalue weighted by Gasteiger charge is -2.20. The predicted octanol–water partition coefficient (Wildman–Crippen LogP) is 1.71. The predicted molar refractivity (Wildman–Crippen MR) is 96.9 cm³/mol. The summed E-state index contributed by atoms with van der Waals surface area (Å²) in [5, 5.41) is 0. The van der Waals surface area contributed by atoms with E-state index < -0.39 is 20.0 Å². The van der Waals surface area contributed by atoms with Crippen molar-refractivity contribution in [2.45, 2.75) is 31.1 Å². The van der Waals surface area contributed by atoms with Crippen LogP contribution in [0.1, 0.15) is 26.3 Å². The summed E-state index contributed by atoms with van der Waals surface area (Å²) in [6.45, 7) is 9.83. The van der Waals surface area contributed by atoms with E-state index in [-0.39, 0.29) is 29.9 Å². The van der Waals surface area contributed by atoms with Gasteiger partial charge in [0.1, 0.15) is 0 Å². The molecule has 1 aromatic carbocycles. The van der Waals surface area contributed by atoms with Crippen molar-refractivity contribution in [3.05, 3.63) is 42.5 Å². The van der Waals surface area contributed by atoms with Crippen molar-refractivity contribution >= 4 is 20.0 Å². The maximum absolute atomic E-state index is 12.3. The molecule has 0 spiro atoms. The van der Waals surface area contributed by atoms with E-state index in [9.17, 15) is 16.8 Å². The normalized spacial score (nSPS) is 13.2. The van der Waals surface area contributed by atoms with Crippen molar-refractivity contribution < 1.29 is 16.8 Å². The van der Waals surface area contributed by atoms with E-state index in [1.54, 1.807) is 24.3 Å². The van der Waals surface area contributed by atoms with Gasteiger partial charge in [0, 0.05) is 19.6 Å². The lowest BCUT2D eigenvalue weighted by atomic mass is 9.87. The fourth-order valence-electron chi connectivity index (χ4n) is 2.06. The topological polar surface area (TPSA) is 83.6 Å². The standard InChI is InChI=1S/C16H26N2O4S2/c1-6-12-18(23(5,19)20)13-11-17-24(21,22)15-9-7-14(8-10-15)16(2,3)4/h6-10,17H,1,11-13H2,2-5H3. The Morgan fingerprint density at radius 2 is 1.67 bits per heavy atom. The molecule has 6 nitrogen and oxygen atoms in total. The molecular formula is C16H26N2O4S2. The highest BCUT2D eigenvalue weighted by atomic mass is 32.2. The Morgan fingerprint density at radius 1 is 1.12 bits per heavy atom. The van der Waals surface area contributed by atoms with E-state index in [2.05, 4.69) is 11.3 Å². The quantitative estimate of drug-likeness (QED) is 0.702. The molecule has 0 saturated carbocycles. The number of nitrogens with zero attached hydrogens (tertiary/aromatic N) is 1. The summed E-state index contributed by atoms with van der Waals surface area (Å²) in [5.74, 6) is 0. The van der Waals surface area contributed by atoms with Gasteiger partial charge in [-0.25, -0.2) is 21.6 Å². The van der Waals surface area contributed by atoms with E-state index >= 15 is 0 Å². The highest BCUT2D eigenvalue weighted by molar-refractivity contribution is 7.89. The van der Waals surface area contributed by atoms with Crippen LogP contribution < -0.4 is 4.72 Å². The summed E-state index contributed by atoms with van der Waals surface area (Å²) in [6, 6.07) is 6.69. The molecule has 1 aromatic rings. The largest absolute Gasteiger partial charge is 0.240 e. The Morgan fingerprint density at radius 3 is 2.08 bits per heavy atom. The van der Waals surface area contributed by atoms with Crippen molar-refractivity contribution in [3.63, 3.8) is 0 Å². The molecule has 1 rings (SSSR count). The van der Waals surface area contributed by atoms with E-state index in [4.69, 9.17) is 0 Å². The monoisotopic (exact) mass is 374 g/mol. The van der Waals surface area contributed by atoms with Gasteiger partial charge in [0.25, 0.3) is 0 Å². The maximum atomic E-state index is 12.3. The molecule has 0 saturated heterocycles. The molecule has 0 bridgehead atoms. The Kier molecular flexibility index (Phi) is 6.75. The van der Waals surface area contributed by atoms with Crippen LogP contribution in [0.3, 0.4) is 0 Å². The van der Waals surface area contributed by atoms with Gasteiger partial charge in [-0.2, -0.15) is 4.31 Å². The second-order valence-corrected chi connectivity index (χ2v) is 10.3. The van der Waals surface area contributed by atoms with E-state index in [0.29, 0.717) is 0 Å². The van der Waals surface area contributed by atoms with Crippen molar-refractivity contribution in [1.29, 1.82) is 0 Å². The second-order valence-electron chi connectivity index (χ2n) is 6.58. The summed E-state index contributed by atoms with van der Waals surface area (Å²) >= 11 is 0. The van der Waals surface area contributed by atoms with Crippen molar-refractivity contribution in [2.75, 3.05) is 25.9 Å². The first-order valence-electron chi connectivity index (χ1n) is 7.54. The van der Waals surface area contributed by atoms with Crippen LogP contribution in [0.5, 0.6) is 0 Å². The van der Waals surface area contributed by atoms with Gasteiger partial charge in [-0.15, -0.1) is 6.58 Å².